The zero-order valence-corrected chi connectivity index (χ0v) is 10.9. The normalized spacial score (nSPS) is 7.93. The van der Waals surface area contributed by atoms with E-state index in [1.54, 1.807) is 24.9 Å². The number of hydrogen-bond acceptors (Lipinski definition) is 3. The number of imidazole rings is 1. The highest BCUT2D eigenvalue weighted by molar-refractivity contribution is 5.91. The molecular formula is C11H23N3O. The van der Waals surface area contributed by atoms with Crippen LogP contribution in [0.2, 0.25) is 0 Å². The molecule has 1 aromatic heterocycles. The molecule has 15 heavy (non-hydrogen) atoms. The molecule has 0 unspecified atom stereocenters. The van der Waals surface area contributed by atoms with E-state index in [9.17, 15) is 4.79 Å². The lowest BCUT2D eigenvalue weighted by atomic mass is 10.4. The van der Waals surface area contributed by atoms with Crippen molar-refractivity contribution in [3.8, 4) is 0 Å². The molecule has 4 nitrogen and oxygen atoms in total. The number of nitrogens with one attached hydrogen (secondary N) is 1. The number of nitrogens with zero attached hydrogens (tertiary/aromatic N) is 2. The maximum atomic E-state index is 10.9. The predicted molar refractivity (Wildman–Crippen MR) is 65.5 cm³/mol. The number of carbonyl (C=O) groups is 1. The van der Waals surface area contributed by atoms with Crippen LogP contribution in [0, 0.1) is 0 Å². The molecule has 1 heterocycles. The van der Waals surface area contributed by atoms with Crippen molar-refractivity contribution in [3.63, 3.8) is 0 Å². The Bertz CT molecular complexity index is 279. The smallest absolute Gasteiger partial charge is 0.195 e. The van der Waals surface area contributed by atoms with E-state index in [-0.39, 0.29) is 5.78 Å². The Morgan fingerprint density at radius 3 is 2.00 bits per heavy atom. The van der Waals surface area contributed by atoms with E-state index in [1.165, 1.54) is 6.92 Å². The van der Waals surface area contributed by atoms with Crippen LogP contribution in [0.15, 0.2) is 6.20 Å². The van der Waals surface area contributed by atoms with Gasteiger partial charge in [0.1, 0.15) is 5.82 Å². The molecule has 1 N–H and O–H groups in total. The van der Waals surface area contributed by atoms with Gasteiger partial charge in [0.15, 0.2) is 11.6 Å². The van der Waals surface area contributed by atoms with Crippen LogP contribution in [0.5, 0.6) is 0 Å². The van der Waals surface area contributed by atoms with Crippen LogP contribution < -0.4 is 5.32 Å². The molecule has 0 aromatic carbocycles. The van der Waals surface area contributed by atoms with E-state index in [1.807, 2.05) is 27.7 Å². The third kappa shape index (κ3) is 5.20. The second-order valence-electron chi connectivity index (χ2n) is 2.37. The fourth-order valence-corrected chi connectivity index (χ4v) is 0.914. The Balaban J connectivity index is 0. The molecule has 0 bridgehead atoms. The minimum absolute atomic E-state index is 0.0194. The van der Waals surface area contributed by atoms with Crippen molar-refractivity contribution in [3.05, 3.63) is 12.0 Å². The summed E-state index contributed by atoms with van der Waals surface area (Å²) in [6.45, 7) is 9.50. The van der Waals surface area contributed by atoms with Crippen LogP contribution >= 0.6 is 0 Å². The molecule has 1 aromatic rings. The summed E-state index contributed by atoms with van der Waals surface area (Å²) in [4.78, 5) is 14.9. The summed E-state index contributed by atoms with van der Waals surface area (Å²) in [5.74, 6) is 1.18. The van der Waals surface area contributed by atoms with E-state index >= 15 is 0 Å². The van der Waals surface area contributed by atoms with Gasteiger partial charge >= 0.3 is 0 Å². The number of ketones is 1. The highest BCUT2D eigenvalue weighted by Crippen LogP contribution is 2.05. The van der Waals surface area contributed by atoms with Crippen molar-refractivity contribution >= 4 is 11.6 Å². The lowest BCUT2D eigenvalue weighted by Gasteiger charge is -1.91. The fraction of sp³-hybridized carbons (Fsp3) is 0.636. The molecule has 0 atom stereocenters. The SMILES string of the molecule is CC.CC.CNc1cn(C)c(C(C)=O)n1. The molecular weight excluding hydrogens is 190 g/mol. The maximum absolute atomic E-state index is 10.9. The number of anilines is 1. The first-order valence-electron chi connectivity index (χ1n) is 5.37. The zero-order valence-electron chi connectivity index (χ0n) is 10.9. The van der Waals surface area contributed by atoms with Gasteiger partial charge in [-0.05, 0) is 0 Å². The molecule has 0 spiro atoms. The quantitative estimate of drug-likeness (QED) is 0.768. The fourth-order valence-electron chi connectivity index (χ4n) is 0.914. The van der Waals surface area contributed by atoms with Gasteiger partial charge in [-0.15, -0.1) is 0 Å². The Morgan fingerprint density at radius 2 is 1.80 bits per heavy atom. The standard InChI is InChI=1S/C7H11N3O.2C2H6/c1-5(11)7-9-6(8-2)4-10(7)3;2*1-2/h4,8H,1-3H3;2*1-2H3. The number of carbonyl (C=O) groups excluding carboxylic acids is 1. The van der Waals surface area contributed by atoms with Gasteiger partial charge in [0.25, 0.3) is 0 Å². The highest BCUT2D eigenvalue weighted by Gasteiger charge is 2.07. The van der Waals surface area contributed by atoms with Crippen molar-refractivity contribution in [2.75, 3.05) is 12.4 Å². The summed E-state index contributed by atoms with van der Waals surface area (Å²) in [7, 11) is 3.57. The molecule has 0 saturated carbocycles. The van der Waals surface area contributed by atoms with Gasteiger partial charge in [-0.25, -0.2) is 4.98 Å². The van der Waals surface area contributed by atoms with Crippen molar-refractivity contribution in [1.29, 1.82) is 0 Å². The van der Waals surface area contributed by atoms with E-state index in [0.29, 0.717) is 5.82 Å². The van der Waals surface area contributed by atoms with Crippen LogP contribution in [-0.4, -0.2) is 22.4 Å². The predicted octanol–water partition coefficient (Wildman–Crippen LogP) is 2.72. The minimum Gasteiger partial charge on any atom is -0.372 e. The average Bonchev–Trinajstić information content (AvgIpc) is 2.65. The first kappa shape index (κ1) is 16.1. The summed E-state index contributed by atoms with van der Waals surface area (Å²) >= 11 is 0. The highest BCUT2D eigenvalue weighted by atomic mass is 16.1. The Morgan fingerprint density at radius 1 is 1.33 bits per heavy atom. The van der Waals surface area contributed by atoms with Crippen LogP contribution in [0.4, 0.5) is 5.82 Å². The van der Waals surface area contributed by atoms with E-state index < -0.39 is 0 Å². The number of aryl methyl sites for hydroxylation is 1. The summed E-state index contributed by atoms with van der Waals surface area (Å²) in [6.07, 6.45) is 1.77. The van der Waals surface area contributed by atoms with E-state index in [0.717, 1.165) is 5.82 Å². The summed E-state index contributed by atoms with van der Waals surface area (Å²) in [5.41, 5.74) is 0. The van der Waals surface area contributed by atoms with Crippen LogP contribution in [0.25, 0.3) is 0 Å². The molecule has 0 amide bonds. The van der Waals surface area contributed by atoms with Crippen molar-refractivity contribution < 1.29 is 4.79 Å². The van der Waals surface area contributed by atoms with E-state index in [2.05, 4.69) is 10.3 Å². The van der Waals surface area contributed by atoms with Gasteiger partial charge < -0.3 is 9.88 Å². The van der Waals surface area contributed by atoms with Crippen LogP contribution in [0.3, 0.4) is 0 Å². The number of Topliss-reactive ketones (excluding diaryl/α,β-unsaturated/α-hetero) is 1. The third-order valence-corrected chi connectivity index (χ3v) is 1.45. The molecule has 0 radical (unpaired) electrons. The lowest BCUT2D eigenvalue weighted by Crippen LogP contribution is -2.02. The Kier molecular flexibility index (Phi) is 9.94. The summed E-state index contributed by atoms with van der Waals surface area (Å²) in [5, 5.41) is 2.86. The van der Waals surface area contributed by atoms with Crippen LogP contribution in [-0.2, 0) is 7.05 Å². The summed E-state index contributed by atoms with van der Waals surface area (Å²) in [6, 6.07) is 0. The van der Waals surface area contributed by atoms with Gasteiger partial charge in [0, 0.05) is 27.2 Å². The van der Waals surface area contributed by atoms with Gasteiger partial charge in [-0.3, -0.25) is 4.79 Å². The van der Waals surface area contributed by atoms with Gasteiger partial charge in [-0.1, -0.05) is 27.7 Å². The topological polar surface area (TPSA) is 46.9 Å². The Hall–Kier alpha value is -1.32. The molecule has 88 valence electrons. The van der Waals surface area contributed by atoms with Gasteiger partial charge in [-0.2, -0.15) is 0 Å². The molecule has 0 fully saturated rings. The number of aromatic nitrogens is 2. The molecule has 0 aliphatic rings. The monoisotopic (exact) mass is 213 g/mol. The second-order valence-corrected chi connectivity index (χ2v) is 2.37. The molecule has 4 heteroatoms. The number of rotatable bonds is 2. The third-order valence-electron chi connectivity index (χ3n) is 1.45. The maximum Gasteiger partial charge on any atom is 0.195 e. The molecule has 0 aliphatic carbocycles. The summed E-state index contributed by atoms with van der Waals surface area (Å²) < 4.78 is 1.70. The van der Waals surface area contributed by atoms with Crippen molar-refractivity contribution in [1.82, 2.24) is 9.55 Å². The zero-order chi connectivity index (χ0) is 12.4. The van der Waals surface area contributed by atoms with Gasteiger partial charge in [0.2, 0.25) is 0 Å². The average molecular weight is 213 g/mol. The first-order valence-corrected chi connectivity index (χ1v) is 5.37. The first-order chi connectivity index (χ1) is 7.15. The minimum atomic E-state index is -0.0194. The van der Waals surface area contributed by atoms with E-state index in [4.69, 9.17) is 0 Å². The Labute approximate surface area is 92.7 Å². The second kappa shape index (κ2) is 9.24. The van der Waals surface area contributed by atoms with Gasteiger partial charge in [0.05, 0.1) is 0 Å². The van der Waals surface area contributed by atoms with Crippen molar-refractivity contribution in [2.24, 2.45) is 7.05 Å². The van der Waals surface area contributed by atoms with Crippen molar-refractivity contribution in [2.45, 2.75) is 34.6 Å². The van der Waals surface area contributed by atoms with Crippen LogP contribution in [0.1, 0.15) is 45.2 Å². The molecule has 0 saturated heterocycles. The number of hydrogen-bond donors (Lipinski definition) is 1. The molecule has 0 aliphatic heterocycles. The molecule has 1 rings (SSSR count). The largest absolute Gasteiger partial charge is 0.372 e. The lowest BCUT2D eigenvalue weighted by molar-refractivity contribution is 0.100.